The fourth-order valence-corrected chi connectivity index (χ4v) is 13.5. The standard InChI is InChI=1S/C32H27F5N4O2.C32H27F3N4O3/c33-21-9-16(10-22(34)14-21)8-20(28-24(2-1-7-39-28)17-5-6-26(35)25(13-17)32(38)43)12-23(42)15-41-30-19-4-3-18(11-19)27(30)29(40-41)31(36)37;33-22-9-17(10-23(34)14-22)8-21(30-25(2-1-7-37-30)18-5-6-27(35)26(13-18)32(36)42)12-24(41)15-39-31-20-4-3-19(11-20)29(31)28(16-40)38-39/h1-2,5-7,9-10,13-14,18-20,31H,3-4,8,11-12,15H2,(H2,38,43);1-2,5-7,9-10,13-14,16,19-21H,3-4,8,11-12,15H2,(H2,36,42)/t18?,19?,20-;19?,20?,21-/m11/s1. The van der Waals surface area contributed by atoms with Gasteiger partial charge in [0.15, 0.2) is 17.9 Å². The maximum absolute atomic E-state index is 14.3. The second-order valence-electron chi connectivity index (χ2n) is 22.3. The average molecular weight is 1170 g/mol. The van der Waals surface area contributed by atoms with Gasteiger partial charge in [0.2, 0.25) is 0 Å². The van der Waals surface area contributed by atoms with E-state index in [-0.39, 0.29) is 90.5 Å². The number of rotatable bonds is 20. The number of pyridine rings is 2. The van der Waals surface area contributed by atoms with Crippen LogP contribution in [0.25, 0.3) is 22.3 Å². The topological polar surface area (TPSA) is 199 Å². The molecular weight excluding hydrogens is 1110 g/mol. The number of benzene rings is 4. The average Bonchev–Trinajstić information content (AvgIpc) is 1.66. The van der Waals surface area contributed by atoms with Crippen molar-refractivity contribution in [2.45, 2.75) is 119 Å². The molecule has 6 atom stereocenters. The van der Waals surface area contributed by atoms with Crippen molar-refractivity contribution in [2.75, 3.05) is 0 Å². The van der Waals surface area contributed by atoms with E-state index in [0.717, 1.165) is 92.5 Å². The Bertz CT molecular complexity index is 3940. The van der Waals surface area contributed by atoms with Gasteiger partial charge in [-0.3, -0.25) is 43.3 Å². The molecule has 0 radical (unpaired) electrons. The Morgan fingerprint density at radius 1 is 0.541 bits per heavy atom. The summed E-state index contributed by atoms with van der Waals surface area (Å²) in [5, 5.41) is 8.60. The van der Waals surface area contributed by atoms with E-state index < -0.39 is 65.0 Å². The number of Topliss-reactive ketones (excluding diaryl/α,β-unsaturated/α-hetero) is 2. The van der Waals surface area contributed by atoms with E-state index in [1.165, 1.54) is 53.5 Å². The van der Waals surface area contributed by atoms with Crippen LogP contribution >= 0.6 is 0 Å². The number of amides is 2. The van der Waals surface area contributed by atoms with Crippen LogP contribution in [-0.4, -0.2) is 59.2 Å². The summed E-state index contributed by atoms with van der Waals surface area (Å²) in [6.45, 7) is -0.297. The molecule has 2 fully saturated rings. The lowest BCUT2D eigenvalue weighted by Gasteiger charge is -2.20. The second kappa shape index (κ2) is 23.9. The molecule has 2 amide bonds. The maximum atomic E-state index is 14.3. The molecule has 13 nitrogen and oxygen atoms in total. The van der Waals surface area contributed by atoms with Gasteiger partial charge in [0.25, 0.3) is 18.2 Å². The number of aromatic nitrogens is 6. The fraction of sp³-hybridized carbons (Fsp3) is 0.297. The van der Waals surface area contributed by atoms with Crippen molar-refractivity contribution in [3.8, 4) is 22.3 Å². The highest BCUT2D eigenvalue weighted by Gasteiger charge is 2.45. The minimum atomic E-state index is -2.75. The number of carbonyl (C=O) groups is 5. The number of fused-ring (bicyclic) bond motifs is 10. The van der Waals surface area contributed by atoms with E-state index in [1.807, 2.05) is 0 Å². The molecule has 8 aromatic rings. The van der Waals surface area contributed by atoms with Gasteiger partial charge in [-0.25, -0.2) is 35.1 Å². The van der Waals surface area contributed by atoms with Crippen molar-refractivity contribution >= 4 is 29.7 Å². The van der Waals surface area contributed by atoms with E-state index in [2.05, 4.69) is 20.2 Å². The number of carbonyl (C=O) groups excluding carboxylic acids is 5. The highest BCUT2D eigenvalue weighted by Crippen LogP contribution is 2.56. The van der Waals surface area contributed by atoms with Crippen LogP contribution in [0.3, 0.4) is 0 Å². The molecule has 4 aliphatic carbocycles. The Hall–Kier alpha value is -9.01. The van der Waals surface area contributed by atoms with Crippen molar-refractivity contribution < 1.29 is 59.1 Å². The van der Waals surface area contributed by atoms with Crippen LogP contribution in [-0.2, 0) is 35.5 Å². The van der Waals surface area contributed by atoms with Crippen molar-refractivity contribution in [1.29, 1.82) is 0 Å². The van der Waals surface area contributed by atoms with E-state index in [0.29, 0.717) is 62.1 Å². The second-order valence-corrected chi connectivity index (χ2v) is 22.3. The Morgan fingerprint density at radius 3 is 1.40 bits per heavy atom. The lowest BCUT2D eigenvalue weighted by atomic mass is 9.86. The van der Waals surface area contributed by atoms with Gasteiger partial charge >= 0.3 is 0 Å². The molecule has 0 saturated heterocycles. The normalized spacial score (nSPS) is 17.8. The largest absolute Gasteiger partial charge is 0.366 e. The first-order valence-corrected chi connectivity index (χ1v) is 27.8. The summed E-state index contributed by atoms with van der Waals surface area (Å²) in [5.74, 6) is -7.74. The number of hydrogen-bond acceptors (Lipinski definition) is 9. The lowest BCUT2D eigenvalue weighted by molar-refractivity contribution is -0.121. The predicted octanol–water partition coefficient (Wildman–Crippen LogP) is 12.4. The molecule has 4 unspecified atom stereocenters. The van der Waals surface area contributed by atoms with Gasteiger partial charge in [0.05, 0.1) is 35.6 Å². The summed E-state index contributed by atoms with van der Waals surface area (Å²) >= 11 is 0. The van der Waals surface area contributed by atoms with Gasteiger partial charge in [-0.15, -0.1) is 0 Å². The van der Waals surface area contributed by atoms with Crippen molar-refractivity contribution in [3.63, 3.8) is 0 Å². The van der Waals surface area contributed by atoms with Gasteiger partial charge in [0, 0.05) is 94.7 Å². The molecule has 4 aromatic carbocycles. The molecule has 4 N–H and O–H groups in total. The monoisotopic (exact) mass is 1170 g/mol. The summed E-state index contributed by atoms with van der Waals surface area (Å²) in [7, 11) is 0. The highest BCUT2D eigenvalue weighted by molar-refractivity contribution is 5.95. The van der Waals surface area contributed by atoms with Crippen LogP contribution in [0.4, 0.5) is 35.1 Å². The summed E-state index contributed by atoms with van der Waals surface area (Å²) in [6, 6.07) is 20.7. The molecule has 2 saturated carbocycles. The molecule has 12 rings (SSSR count). The Labute approximate surface area is 481 Å². The van der Waals surface area contributed by atoms with Crippen LogP contribution in [0.15, 0.2) is 109 Å². The first kappa shape index (κ1) is 57.8. The van der Waals surface area contributed by atoms with E-state index in [9.17, 15) is 59.1 Å². The number of alkyl halides is 2. The molecule has 4 heterocycles. The number of aldehydes is 1. The van der Waals surface area contributed by atoms with E-state index in [4.69, 9.17) is 11.5 Å². The predicted molar refractivity (Wildman–Crippen MR) is 295 cm³/mol. The molecule has 0 spiro atoms. The van der Waals surface area contributed by atoms with Crippen molar-refractivity contribution in [1.82, 2.24) is 29.5 Å². The van der Waals surface area contributed by atoms with Gasteiger partial charge in [-0.2, -0.15) is 10.2 Å². The first-order valence-electron chi connectivity index (χ1n) is 27.8. The van der Waals surface area contributed by atoms with Crippen LogP contribution in [0.1, 0.15) is 175 Å². The number of nitrogens with two attached hydrogens (primary N) is 2. The van der Waals surface area contributed by atoms with Crippen LogP contribution in [0.5, 0.6) is 0 Å². The summed E-state index contributed by atoms with van der Waals surface area (Å²) < 4.78 is 116. The molecule has 4 bridgehead atoms. The third-order valence-electron chi connectivity index (χ3n) is 16.8. The summed E-state index contributed by atoms with van der Waals surface area (Å²) in [6.07, 6.45) is 6.32. The molecular formula is C64H54F8N8O5. The minimum Gasteiger partial charge on any atom is -0.366 e. The lowest BCUT2D eigenvalue weighted by Crippen LogP contribution is -2.19. The Morgan fingerprint density at radius 2 is 0.965 bits per heavy atom. The zero-order valence-electron chi connectivity index (χ0n) is 45.4. The zero-order chi connectivity index (χ0) is 60.0. The molecule has 85 heavy (non-hydrogen) atoms. The summed E-state index contributed by atoms with van der Waals surface area (Å²) in [5.41, 5.74) is 16.6. The minimum absolute atomic E-state index is 0.0124. The van der Waals surface area contributed by atoms with E-state index >= 15 is 0 Å². The number of nitrogens with zero attached hydrogens (tertiary/aromatic N) is 6. The quantitative estimate of drug-likeness (QED) is 0.0550. The van der Waals surface area contributed by atoms with Gasteiger partial charge in [0.1, 0.15) is 46.3 Å². The molecule has 0 aliphatic heterocycles. The van der Waals surface area contributed by atoms with Gasteiger partial charge < -0.3 is 11.5 Å². The number of hydrogen-bond donors (Lipinski definition) is 2. The SMILES string of the molecule is NC(=O)c1cc(-c2cccnc2[C@@H](CC(=O)Cn2nc(C(F)F)c3c2C2CCC3C2)Cc2cc(F)cc(F)c2)ccc1F.NC(=O)c1cc(-c2cccnc2[C@@H](CC(=O)Cn2nc(C=O)c3c2C2CCC3C2)Cc2cc(F)cc(F)c2)ccc1F. The van der Waals surface area contributed by atoms with Crippen molar-refractivity contribution in [3.05, 3.63) is 212 Å². The smallest absolute Gasteiger partial charge is 0.282 e. The number of ketones is 2. The molecule has 436 valence electrons. The highest BCUT2D eigenvalue weighted by atomic mass is 19.3. The first-order chi connectivity index (χ1) is 40.8. The fourth-order valence-electron chi connectivity index (χ4n) is 13.5. The molecule has 4 aromatic heterocycles. The van der Waals surface area contributed by atoms with Crippen molar-refractivity contribution in [2.24, 2.45) is 11.5 Å². The Kier molecular flexibility index (Phi) is 16.3. The molecule has 21 heteroatoms. The van der Waals surface area contributed by atoms with Crippen LogP contribution in [0, 0.1) is 34.9 Å². The van der Waals surface area contributed by atoms with Crippen LogP contribution in [0.2, 0.25) is 0 Å². The summed E-state index contributed by atoms with van der Waals surface area (Å²) in [4.78, 5) is 71.6. The molecule has 4 aliphatic rings. The van der Waals surface area contributed by atoms with E-state index in [1.54, 1.807) is 28.9 Å². The zero-order valence-corrected chi connectivity index (χ0v) is 45.4. The Balaban J connectivity index is 0.000000177. The van der Waals surface area contributed by atoms with Gasteiger partial charge in [-0.1, -0.05) is 24.3 Å². The van der Waals surface area contributed by atoms with Gasteiger partial charge in [-0.05, 0) is 146 Å². The third-order valence-corrected chi connectivity index (χ3v) is 16.8. The van der Waals surface area contributed by atoms with Crippen LogP contribution < -0.4 is 11.5 Å². The number of halogens is 8. The third kappa shape index (κ3) is 11.9. The number of primary amides is 2. The maximum Gasteiger partial charge on any atom is 0.282 e.